The van der Waals surface area contributed by atoms with E-state index in [1.54, 1.807) is 36.3 Å². The minimum absolute atomic E-state index is 0.00461. The number of aliphatic hydroxyl groups is 5. The van der Waals surface area contributed by atoms with Gasteiger partial charge < -0.3 is 54.9 Å². The third-order valence-corrected chi connectivity index (χ3v) is 18.1. The van der Waals surface area contributed by atoms with E-state index in [4.69, 9.17) is 14.2 Å². The van der Waals surface area contributed by atoms with Crippen LogP contribution >= 0.6 is 0 Å². The number of amides is 3. The lowest BCUT2D eigenvalue weighted by atomic mass is 9.82. The maximum Gasteiger partial charge on any atom is 0.269 e. The molecule has 2 saturated heterocycles. The van der Waals surface area contributed by atoms with Crippen molar-refractivity contribution in [2.45, 2.75) is 99.9 Å². The van der Waals surface area contributed by atoms with Crippen LogP contribution in [0.5, 0.6) is 5.75 Å². The zero-order valence-electron chi connectivity index (χ0n) is 35.7. The van der Waals surface area contributed by atoms with Crippen LogP contribution in [-0.2, 0) is 49.0 Å². The predicted octanol–water partition coefficient (Wildman–Crippen LogP) is 2.44. The fraction of sp³-hybridized carbons (Fsp3) is 0.413. The number of nitrogens with one attached hydrogen (secondary N) is 1. The third kappa shape index (κ3) is 7.76. The lowest BCUT2D eigenvalue weighted by Crippen LogP contribution is -2.60. The highest BCUT2D eigenvalue weighted by Gasteiger charge is 2.67. The average molecular weight is 897 g/mol. The SMILES string of the molecule is COc1ccc([Si](C)(C)[C@H]2[C@H](CC(=O)N3Cc4ccccc4C[C@H]3CO)O[C@@]3(C(=O)N(Cc4ccc(NC(=O)[C@H]5O[C@@H](O)[C@H](O)[C@@H](O)[C@@H]5O)cc4)c4ccc([N+](=O)[O-])cc43)[C@@H]2C)cc1. The number of anilines is 2. The number of carbonyl (C=O) groups is 3. The first-order valence-electron chi connectivity index (χ1n) is 21.2. The van der Waals surface area contributed by atoms with Gasteiger partial charge in [-0.15, -0.1) is 0 Å². The summed E-state index contributed by atoms with van der Waals surface area (Å²) in [6.07, 6.45) is -9.46. The molecule has 18 heteroatoms. The summed E-state index contributed by atoms with van der Waals surface area (Å²) >= 11 is 0. The Balaban J connectivity index is 1.13. The van der Waals surface area contributed by atoms with E-state index in [1.165, 1.54) is 23.1 Å². The molecule has 0 radical (unpaired) electrons. The number of hydrogen-bond acceptors (Lipinski definition) is 13. The van der Waals surface area contributed by atoms with Crippen LogP contribution in [0.25, 0.3) is 0 Å². The number of benzene rings is 4. The Hall–Kier alpha value is -5.57. The van der Waals surface area contributed by atoms with E-state index in [9.17, 15) is 45.2 Å². The summed E-state index contributed by atoms with van der Waals surface area (Å²) in [7, 11) is -1.15. The van der Waals surface area contributed by atoms with Gasteiger partial charge in [0.1, 0.15) is 24.1 Å². The maximum absolute atomic E-state index is 15.4. The smallest absolute Gasteiger partial charge is 0.269 e. The van der Waals surface area contributed by atoms with Crippen LogP contribution in [0.4, 0.5) is 17.1 Å². The standard InChI is InChI=1S/C46H52N4O13Si/c1-25-42(64(3,4)33-16-14-32(61-2)15-17-33)36(21-37(52)48-23-28-8-6-5-7-27(28)19-31(48)24-51)63-46(25)34-20-30(50(59)60)13-18-35(34)49(45(46)58)22-26-9-11-29(12-10-26)47-43(56)41-39(54)38(53)40(55)44(57)62-41/h5-18,20,25,31,36,38-42,44,51,53-55,57H,19,21-24H2,1-4H3,(H,47,56)/t25-,31+,36+,38+,39+,40-,41+,42-,44-,46+/m1/s1. The number of aliphatic hydroxyl groups excluding tert-OH is 5. The average Bonchev–Trinajstić information content (AvgIpc) is 3.72. The molecule has 0 bridgehead atoms. The Bertz CT molecular complexity index is 2440. The van der Waals surface area contributed by atoms with Crippen molar-refractivity contribution in [1.29, 1.82) is 0 Å². The highest BCUT2D eigenvalue weighted by molar-refractivity contribution is 6.91. The van der Waals surface area contributed by atoms with Crippen LogP contribution < -0.4 is 20.1 Å². The van der Waals surface area contributed by atoms with Gasteiger partial charge in [0.05, 0.1) is 57.5 Å². The number of nitro benzene ring substituents is 1. The number of methoxy groups -OCH3 is 1. The van der Waals surface area contributed by atoms with Crippen molar-refractivity contribution in [3.63, 3.8) is 0 Å². The number of nitrogens with zero attached hydrogens (tertiary/aromatic N) is 3. The van der Waals surface area contributed by atoms with Gasteiger partial charge in [-0.2, -0.15) is 0 Å². The third-order valence-electron chi connectivity index (χ3n) is 13.7. The molecule has 10 atom stereocenters. The number of fused-ring (bicyclic) bond motifs is 3. The zero-order chi connectivity index (χ0) is 45.8. The lowest BCUT2D eigenvalue weighted by Gasteiger charge is -2.39. The van der Waals surface area contributed by atoms with E-state index in [0.717, 1.165) is 16.3 Å². The van der Waals surface area contributed by atoms with Crippen LogP contribution in [-0.4, -0.2) is 118 Å². The molecule has 4 aliphatic heterocycles. The molecule has 4 aliphatic rings. The van der Waals surface area contributed by atoms with E-state index in [0.29, 0.717) is 35.5 Å². The molecular weight excluding hydrogens is 845 g/mol. The molecule has 17 nitrogen and oxygen atoms in total. The van der Waals surface area contributed by atoms with Crippen LogP contribution in [0.1, 0.15) is 35.6 Å². The molecule has 0 aliphatic carbocycles. The lowest BCUT2D eigenvalue weighted by molar-refractivity contribution is -0.385. The summed E-state index contributed by atoms with van der Waals surface area (Å²) in [5.74, 6) is -1.49. The molecule has 2 fully saturated rings. The van der Waals surface area contributed by atoms with Crippen molar-refractivity contribution in [3.8, 4) is 5.75 Å². The normalized spacial score (nSPS) is 28.8. The van der Waals surface area contributed by atoms with Gasteiger partial charge >= 0.3 is 0 Å². The Kier molecular flexibility index (Phi) is 12.3. The molecule has 3 amide bonds. The summed E-state index contributed by atoms with van der Waals surface area (Å²) in [5.41, 5.74) is 1.32. The fourth-order valence-corrected chi connectivity index (χ4v) is 14.3. The largest absolute Gasteiger partial charge is 0.497 e. The van der Waals surface area contributed by atoms with Crippen molar-refractivity contribution in [2.24, 2.45) is 5.92 Å². The van der Waals surface area contributed by atoms with Crippen molar-refractivity contribution >= 4 is 48.0 Å². The Morgan fingerprint density at radius 1 is 0.953 bits per heavy atom. The van der Waals surface area contributed by atoms with E-state index in [2.05, 4.69) is 18.4 Å². The second-order valence-corrected chi connectivity index (χ2v) is 22.3. The topological polar surface area (TPSA) is 242 Å². The van der Waals surface area contributed by atoms with Crippen molar-refractivity contribution in [3.05, 3.63) is 123 Å². The molecule has 64 heavy (non-hydrogen) atoms. The van der Waals surface area contributed by atoms with Gasteiger partial charge in [0.15, 0.2) is 18.0 Å². The number of ether oxygens (including phenoxy) is 3. The van der Waals surface area contributed by atoms with Gasteiger partial charge in [-0.25, -0.2) is 0 Å². The monoisotopic (exact) mass is 896 g/mol. The van der Waals surface area contributed by atoms with Crippen molar-refractivity contribution in [2.75, 3.05) is 23.9 Å². The van der Waals surface area contributed by atoms with E-state index in [1.807, 2.05) is 55.5 Å². The van der Waals surface area contributed by atoms with Crippen LogP contribution in [0.2, 0.25) is 18.6 Å². The van der Waals surface area contributed by atoms with E-state index in [-0.39, 0.29) is 42.4 Å². The first kappa shape index (κ1) is 45.0. The molecule has 1 spiro atoms. The van der Waals surface area contributed by atoms with E-state index < -0.39 is 79.2 Å². The number of rotatable bonds is 11. The summed E-state index contributed by atoms with van der Waals surface area (Å²) in [6, 6.07) is 25.8. The van der Waals surface area contributed by atoms with Crippen molar-refractivity contribution in [1.82, 2.24) is 4.90 Å². The van der Waals surface area contributed by atoms with Gasteiger partial charge in [-0.3, -0.25) is 24.5 Å². The summed E-state index contributed by atoms with van der Waals surface area (Å²) in [5, 5.41) is 66.5. The molecule has 0 saturated carbocycles. The molecule has 0 aromatic heterocycles. The summed E-state index contributed by atoms with van der Waals surface area (Å²) < 4.78 is 17.6. The maximum atomic E-state index is 15.4. The zero-order valence-corrected chi connectivity index (χ0v) is 36.7. The van der Waals surface area contributed by atoms with Gasteiger partial charge in [0.25, 0.3) is 17.5 Å². The van der Waals surface area contributed by atoms with E-state index >= 15 is 4.79 Å². The van der Waals surface area contributed by atoms with Gasteiger partial charge in [0, 0.05) is 35.8 Å². The Labute approximate surface area is 370 Å². The molecule has 6 N–H and O–H groups in total. The van der Waals surface area contributed by atoms with Gasteiger partial charge in [0.2, 0.25) is 5.91 Å². The first-order chi connectivity index (χ1) is 30.5. The molecule has 4 heterocycles. The molecule has 4 aromatic rings. The quantitative estimate of drug-likeness (QED) is 0.0722. The molecular formula is C46H52N4O13Si. The molecule has 4 aromatic carbocycles. The van der Waals surface area contributed by atoms with Crippen LogP contribution in [0.15, 0.2) is 91.0 Å². The second kappa shape index (κ2) is 17.4. The van der Waals surface area contributed by atoms with Crippen molar-refractivity contribution < 1.29 is 59.1 Å². The second-order valence-electron chi connectivity index (χ2n) is 17.6. The molecule has 0 unspecified atom stereocenters. The first-order valence-corrected chi connectivity index (χ1v) is 24.3. The van der Waals surface area contributed by atoms with Gasteiger partial charge in [-0.05, 0) is 59.0 Å². The highest BCUT2D eigenvalue weighted by atomic mass is 28.3. The minimum atomic E-state index is -2.74. The predicted molar refractivity (Wildman–Crippen MR) is 234 cm³/mol. The molecule has 8 rings (SSSR count). The Morgan fingerprint density at radius 2 is 1.64 bits per heavy atom. The Morgan fingerprint density at radius 3 is 2.30 bits per heavy atom. The fourth-order valence-electron chi connectivity index (χ4n) is 10.3. The summed E-state index contributed by atoms with van der Waals surface area (Å²) in [4.78, 5) is 58.0. The minimum Gasteiger partial charge on any atom is -0.497 e. The number of carbonyl (C=O) groups excluding carboxylic acids is 3. The van der Waals surface area contributed by atoms with Crippen LogP contribution in [0.3, 0.4) is 0 Å². The molecule has 338 valence electrons. The number of non-ortho nitro benzene ring substituents is 1. The number of nitro groups is 1. The summed E-state index contributed by atoms with van der Waals surface area (Å²) in [6.45, 7) is 6.32. The van der Waals surface area contributed by atoms with Crippen LogP contribution in [0, 0.1) is 16.0 Å². The van der Waals surface area contributed by atoms with Gasteiger partial charge in [-0.1, -0.05) is 73.7 Å². The number of hydrogen-bond donors (Lipinski definition) is 6. The highest BCUT2D eigenvalue weighted by Crippen LogP contribution is 2.60.